The van der Waals surface area contributed by atoms with Gasteiger partial charge < -0.3 is 10.6 Å². The van der Waals surface area contributed by atoms with E-state index in [4.69, 9.17) is 5.73 Å². The summed E-state index contributed by atoms with van der Waals surface area (Å²) >= 11 is 0. The van der Waals surface area contributed by atoms with E-state index in [1.165, 1.54) is 45.3 Å². The highest BCUT2D eigenvalue weighted by atomic mass is 15.1. The Bertz CT molecular complexity index is 242. The summed E-state index contributed by atoms with van der Waals surface area (Å²) in [6.45, 7) is 16.4. The van der Waals surface area contributed by atoms with Crippen LogP contribution in [0.5, 0.6) is 0 Å². The molecule has 0 aromatic carbocycles. The maximum Gasteiger partial charge on any atom is 0.00218 e. The Balaban J connectivity index is 2.44. The fourth-order valence-electron chi connectivity index (χ4n) is 3.48. The van der Waals surface area contributed by atoms with Crippen LogP contribution >= 0.6 is 0 Å². The minimum Gasteiger partial charge on any atom is -0.330 e. The summed E-state index contributed by atoms with van der Waals surface area (Å²) < 4.78 is 0. The highest BCUT2D eigenvalue weighted by Gasteiger charge is 2.27. The quantitative estimate of drug-likeness (QED) is 0.822. The lowest BCUT2D eigenvalue weighted by Gasteiger charge is -2.30. The lowest BCUT2D eigenvalue weighted by molar-refractivity contribution is 0.195. The maximum atomic E-state index is 5.95. The Labute approximate surface area is 121 Å². The molecule has 0 amide bonds. The minimum atomic E-state index is 0.473. The fourth-order valence-corrected chi connectivity index (χ4v) is 3.48. The molecule has 1 saturated heterocycles. The standard InChI is InChI=1S/C17H36N2/c1-14(2)11-15(12-18)13-19-9-6-7-16(8-10-19)17(3,4)5/h14-16H,6-13,18H2,1-5H3. The molecule has 0 saturated carbocycles. The van der Waals surface area contributed by atoms with Gasteiger partial charge in [-0.15, -0.1) is 0 Å². The van der Waals surface area contributed by atoms with E-state index in [1.807, 2.05) is 0 Å². The molecule has 1 heterocycles. The first kappa shape index (κ1) is 17.0. The van der Waals surface area contributed by atoms with E-state index in [9.17, 15) is 0 Å². The van der Waals surface area contributed by atoms with Crippen LogP contribution in [0, 0.1) is 23.2 Å². The van der Waals surface area contributed by atoms with E-state index in [1.54, 1.807) is 0 Å². The molecule has 2 heteroatoms. The summed E-state index contributed by atoms with van der Waals surface area (Å²) in [6.07, 6.45) is 5.40. The van der Waals surface area contributed by atoms with Crippen molar-refractivity contribution >= 4 is 0 Å². The van der Waals surface area contributed by atoms with Crippen molar-refractivity contribution in [1.82, 2.24) is 4.90 Å². The molecule has 0 spiro atoms. The van der Waals surface area contributed by atoms with Crippen LogP contribution in [-0.2, 0) is 0 Å². The van der Waals surface area contributed by atoms with Crippen molar-refractivity contribution in [1.29, 1.82) is 0 Å². The molecule has 19 heavy (non-hydrogen) atoms. The lowest BCUT2D eigenvalue weighted by atomic mass is 9.77. The summed E-state index contributed by atoms with van der Waals surface area (Å²) in [5.74, 6) is 2.34. The third kappa shape index (κ3) is 6.27. The second kappa shape index (κ2) is 7.64. The summed E-state index contributed by atoms with van der Waals surface area (Å²) in [5, 5.41) is 0. The molecule has 2 N–H and O–H groups in total. The molecule has 0 bridgehead atoms. The Hall–Kier alpha value is -0.0800. The molecule has 1 aliphatic rings. The normalized spacial score (nSPS) is 24.5. The van der Waals surface area contributed by atoms with Gasteiger partial charge in [0, 0.05) is 6.54 Å². The first-order valence-corrected chi connectivity index (χ1v) is 8.25. The minimum absolute atomic E-state index is 0.473. The van der Waals surface area contributed by atoms with Crippen molar-refractivity contribution < 1.29 is 0 Å². The van der Waals surface area contributed by atoms with Crippen LogP contribution in [0.1, 0.15) is 60.3 Å². The summed E-state index contributed by atoms with van der Waals surface area (Å²) in [5.41, 5.74) is 6.42. The van der Waals surface area contributed by atoms with Gasteiger partial charge in [0.2, 0.25) is 0 Å². The van der Waals surface area contributed by atoms with E-state index in [2.05, 4.69) is 39.5 Å². The number of hydrogen-bond donors (Lipinski definition) is 1. The molecule has 0 aromatic rings. The zero-order valence-electron chi connectivity index (χ0n) is 13.9. The summed E-state index contributed by atoms with van der Waals surface area (Å²) in [4.78, 5) is 2.67. The topological polar surface area (TPSA) is 29.3 Å². The number of rotatable bonds is 5. The van der Waals surface area contributed by atoms with Crippen molar-refractivity contribution in [3.8, 4) is 0 Å². The third-order valence-corrected chi connectivity index (χ3v) is 4.70. The van der Waals surface area contributed by atoms with Gasteiger partial charge in [0.25, 0.3) is 0 Å². The fraction of sp³-hybridized carbons (Fsp3) is 1.00. The van der Waals surface area contributed by atoms with Crippen LogP contribution in [0.15, 0.2) is 0 Å². The van der Waals surface area contributed by atoms with Crippen molar-refractivity contribution in [2.24, 2.45) is 28.9 Å². The van der Waals surface area contributed by atoms with Crippen LogP contribution in [0.3, 0.4) is 0 Å². The third-order valence-electron chi connectivity index (χ3n) is 4.70. The molecule has 1 aliphatic heterocycles. The molecule has 114 valence electrons. The van der Waals surface area contributed by atoms with Gasteiger partial charge in [-0.25, -0.2) is 0 Å². The van der Waals surface area contributed by atoms with Crippen LogP contribution in [0.2, 0.25) is 0 Å². The average Bonchev–Trinajstić information content (AvgIpc) is 2.52. The van der Waals surface area contributed by atoms with E-state index < -0.39 is 0 Å². The maximum absolute atomic E-state index is 5.95. The molecule has 0 aliphatic carbocycles. The Kier molecular flexibility index (Phi) is 6.82. The SMILES string of the molecule is CC(C)CC(CN)CN1CCCC(C(C)(C)C)CC1. The van der Waals surface area contributed by atoms with Gasteiger partial charge in [0.1, 0.15) is 0 Å². The zero-order chi connectivity index (χ0) is 14.5. The number of nitrogens with zero attached hydrogens (tertiary/aromatic N) is 1. The molecule has 2 nitrogen and oxygen atoms in total. The molecule has 2 unspecified atom stereocenters. The summed E-state index contributed by atoms with van der Waals surface area (Å²) in [6, 6.07) is 0. The molecular weight excluding hydrogens is 232 g/mol. The van der Waals surface area contributed by atoms with Gasteiger partial charge in [0.05, 0.1) is 0 Å². The van der Waals surface area contributed by atoms with Gasteiger partial charge in [0.15, 0.2) is 0 Å². The van der Waals surface area contributed by atoms with Gasteiger partial charge in [-0.05, 0) is 68.5 Å². The molecule has 2 atom stereocenters. The first-order valence-electron chi connectivity index (χ1n) is 8.25. The molecule has 1 fully saturated rings. The molecule has 1 rings (SSSR count). The zero-order valence-corrected chi connectivity index (χ0v) is 13.9. The number of nitrogens with two attached hydrogens (primary N) is 1. The van der Waals surface area contributed by atoms with Crippen molar-refractivity contribution in [3.05, 3.63) is 0 Å². The van der Waals surface area contributed by atoms with Crippen LogP contribution in [-0.4, -0.2) is 31.1 Å². The van der Waals surface area contributed by atoms with Crippen molar-refractivity contribution in [2.75, 3.05) is 26.2 Å². The number of hydrogen-bond acceptors (Lipinski definition) is 2. The second-order valence-corrected chi connectivity index (χ2v) is 8.03. The highest BCUT2D eigenvalue weighted by Crippen LogP contribution is 2.34. The largest absolute Gasteiger partial charge is 0.330 e. The lowest BCUT2D eigenvalue weighted by Crippen LogP contribution is -2.34. The van der Waals surface area contributed by atoms with Gasteiger partial charge in [-0.2, -0.15) is 0 Å². The first-order chi connectivity index (χ1) is 8.82. The van der Waals surface area contributed by atoms with E-state index in [0.29, 0.717) is 11.3 Å². The van der Waals surface area contributed by atoms with Crippen molar-refractivity contribution in [2.45, 2.75) is 60.3 Å². The molecule has 0 aromatic heterocycles. The summed E-state index contributed by atoms with van der Waals surface area (Å²) in [7, 11) is 0. The van der Waals surface area contributed by atoms with Crippen molar-refractivity contribution in [3.63, 3.8) is 0 Å². The van der Waals surface area contributed by atoms with Gasteiger partial charge in [-0.3, -0.25) is 0 Å². The Morgan fingerprint density at radius 3 is 2.37 bits per heavy atom. The van der Waals surface area contributed by atoms with Gasteiger partial charge >= 0.3 is 0 Å². The predicted octanol–water partition coefficient (Wildman–Crippen LogP) is 3.76. The van der Waals surface area contributed by atoms with E-state index >= 15 is 0 Å². The predicted molar refractivity (Wildman–Crippen MR) is 85.2 cm³/mol. The van der Waals surface area contributed by atoms with E-state index in [-0.39, 0.29) is 0 Å². The van der Waals surface area contributed by atoms with Crippen LogP contribution in [0.4, 0.5) is 0 Å². The van der Waals surface area contributed by atoms with Crippen LogP contribution < -0.4 is 5.73 Å². The van der Waals surface area contributed by atoms with Crippen LogP contribution in [0.25, 0.3) is 0 Å². The highest BCUT2D eigenvalue weighted by molar-refractivity contribution is 4.80. The molecule has 0 radical (unpaired) electrons. The molecular formula is C17H36N2. The Morgan fingerprint density at radius 1 is 1.16 bits per heavy atom. The second-order valence-electron chi connectivity index (χ2n) is 8.03. The average molecular weight is 268 g/mol. The van der Waals surface area contributed by atoms with E-state index in [0.717, 1.165) is 18.4 Å². The smallest absolute Gasteiger partial charge is 0.00218 e. The monoisotopic (exact) mass is 268 g/mol. The number of likely N-dealkylation sites (tertiary alicyclic amines) is 1. The Morgan fingerprint density at radius 2 is 1.84 bits per heavy atom. The van der Waals surface area contributed by atoms with Gasteiger partial charge in [-0.1, -0.05) is 34.6 Å².